The van der Waals surface area contributed by atoms with Crippen molar-refractivity contribution in [1.29, 1.82) is 0 Å². The van der Waals surface area contributed by atoms with E-state index < -0.39 is 0 Å². The average molecular weight is 339 g/mol. The van der Waals surface area contributed by atoms with Gasteiger partial charge in [0.1, 0.15) is 11.9 Å². The molecule has 1 saturated heterocycles. The van der Waals surface area contributed by atoms with Gasteiger partial charge in [-0.3, -0.25) is 10.1 Å². The van der Waals surface area contributed by atoms with Gasteiger partial charge in [0.15, 0.2) is 4.34 Å². The van der Waals surface area contributed by atoms with Crippen LogP contribution in [0.2, 0.25) is 0 Å². The van der Waals surface area contributed by atoms with Crippen molar-refractivity contribution in [2.24, 2.45) is 0 Å². The third-order valence-electron chi connectivity index (χ3n) is 3.13. The zero-order valence-electron chi connectivity index (χ0n) is 11.6. The molecule has 0 unspecified atom stereocenters. The number of rotatable bonds is 5. The molecule has 1 amide bonds. The minimum absolute atomic E-state index is 0.163. The molecule has 2 aromatic rings. The molecule has 1 N–H and O–H groups in total. The van der Waals surface area contributed by atoms with E-state index in [1.807, 2.05) is 0 Å². The molecule has 2 heterocycles. The highest BCUT2D eigenvalue weighted by Gasteiger charge is 2.24. The summed E-state index contributed by atoms with van der Waals surface area (Å²) in [6.45, 7) is 0.632. The number of thioether (sulfide) groups is 1. The maximum Gasteiger partial charge on any atom is 0.255 e. The van der Waals surface area contributed by atoms with Gasteiger partial charge in [-0.15, -0.1) is 10.2 Å². The molecule has 0 aliphatic carbocycles. The van der Waals surface area contributed by atoms with Crippen LogP contribution >= 0.6 is 23.1 Å². The second-order valence-electron chi connectivity index (χ2n) is 4.78. The van der Waals surface area contributed by atoms with E-state index in [2.05, 4.69) is 15.5 Å². The van der Waals surface area contributed by atoms with Crippen LogP contribution in [0.1, 0.15) is 18.4 Å². The molecule has 0 spiro atoms. The summed E-state index contributed by atoms with van der Waals surface area (Å²) in [5.74, 6) is 0.266. The van der Waals surface area contributed by atoms with Crippen molar-refractivity contribution in [3.8, 4) is 0 Å². The van der Waals surface area contributed by atoms with E-state index in [9.17, 15) is 9.18 Å². The molecule has 1 aliphatic heterocycles. The van der Waals surface area contributed by atoms with Crippen LogP contribution in [0.5, 0.6) is 0 Å². The van der Waals surface area contributed by atoms with E-state index in [-0.39, 0.29) is 17.8 Å². The first-order valence-corrected chi connectivity index (χ1v) is 8.64. The van der Waals surface area contributed by atoms with Crippen molar-refractivity contribution in [2.75, 3.05) is 11.9 Å². The number of anilines is 1. The lowest BCUT2D eigenvalue weighted by Gasteiger charge is -2.06. The third kappa shape index (κ3) is 4.02. The van der Waals surface area contributed by atoms with Crippen molar-refractivity contribution >= 4 is 34.1 Å². The summed E-state index contributed by atoms with van der Waals surface area (Å²) in [4.78, 5) is 11.9. The number of benzene rings is 1. The fourth-order valence-corrected chi connectivity index (χ4v) is 3.73. The van der Waals surface area contributed by atoms with E-state index >= 15 is 0 Å². The van der Waals surface area contributed by atoms with E-state index in [0.717, 1.165) is 22.7 Å². The van der Waals surface area contributed by atoms with Gasteiger partial charge in [-0.05, 0) is 30.5 Å². The molecule has 1 aromatic carbocycles. The SMILES string of the molecule is O=C(Nc1nnc(SCc2ccc(F)cc2)s1)[C@@H]1CCCO1. The number of hydrogen-bond acceptors (Lipinski definition) is 6. The van der Waals surface area contributed by atoms with Crippen LogP contribution in [0.25, 0.3) is 0 Å². The molecule has 116 valence electrons. The fourth-order valence-electron chi connectivity index (χ4n) is 2.01. The van der Waals surface area contributed by atoms with Crippen molar-refractivity contribution in [3.05, 3.63) is 35.6 Å². The van der Waals surface area contributed by atoms with Crippen LogP contribution in [0.3, 0.4) is 0 Å². The number of carbonyl (C=O) groups is 1. The number of nitrogens with one attached hydrogen (secondary N) is 1. The van der Waals surface area contributed by atoms with Gasteiger partial charge < -0.3 is 4.74 Å². The predicted molar refractivity (Wildman–Crippen MR) is 83.5 cm³/mol. The first-order valence-electron chi connectivity index (χ1n) is 6.84. The second-order valence-corrected chi connectivity index (χ2v) is 6.98. The van der Waals surface area contributed by atoms with Gasteiger partial charge in [0.2, 0.25) is 5.13 Å². The minimum Gasteiger partial charge on any atom is -0.368 e. The molecular formula is C14H14FN3O2S2. The molecule has 3 rings (SSSR count). The quantitative estimate of drug-likeness (QED) is 0.670. The standard InChI is InChI=1S/C14H14FN3O2S2/c15-10-5-3-9(4-6-10)8-21-14-18-17-13(22-14)16-12(19)11-2-1-7-20-11/h3-6,11H,1-2,7-8H2,(H,16,17,19)/t11-/m0/s1. The Morgan fingerprint density at radius 1 is 1.41 bits per heavy atom. The van der Waals surface area contributed by atoms with E-state index in [4.69, 9.17) is 4.74 Å². The van der Waals surface area contributed by atoms with Crippen LogP contribution in [-0.2, 0) is 15.3 Å². The normalized spacial score (nSPS) is 17.6. The van der Waals surface area contributed by atoms with Crippen LogP contribution in [0, 0.1) is 5.82 Å². The number of aromatic nitrogens is 2. The Labute approximate surface area is 135 Å². The molecule has 0 radical (unpaired) electrons. The first-order chi connectivity index (χ1) is 10.7. The summed E-state index contributed by atoms with van der Waals surface area (Å²) >= 11 is 2.82. The summed E-state index contributed by atoms with van der Waals surface area (Å²) < 4.78 is 18.9. The van der Waals surface area contributed by atoms with Gasteiger partial charge in [-0.1, -0.05) is 35.2 Å². The van der Waals surface area contributed by atoms with Crippen molar-refractivity contribution in [3.63, 3.8) is 0 Å². The van der Waals surface area contributed by atoms with Crippen molar-refractivity contribution in [1.82, 2.24) is 10.2 Å². The van der Waals surface area contributed by atoms with Crippen molar-refractivity contribution in [2.45, 2.75) is 29.0 Å². The van der Waals surface area contributed by atoms with Crippen molar-refractivity contribution < 1.29 is 13.9 Å². The lowest BCUT2D eigenvalue weighted by molar-refractivity contribution is -0.124. The zero-order valence-corrected chi connectivity index (χ0v) is 13.3. The highest BCUT2D eigenvalue weighted by molar-refractivity contribution is 8.00. The van der Waals surface area contributed by atoms with Gasteiger partial charge in [-0.2, -0.15) is 0 Å². The maximum atomic E-state index is 12.8. The van der Waals surface area contributed by atoms with E-state index in [1.54, 1.807) is 12.1 Å². The highest BCUT2D eigenvalue weighted by Crippen LogP contribution is 2.28. The molecular weight excluding hydrogens is 325 g/mol. The third-order valence-corrected chi connectivity index (χ3v) is 5.18. The first kappa shape index (κ1) is 15.4. The Balaban J connectivity index is 1.52. The van der Waals surface area contributed by atoms with Crippen LogP contribution in [0.15, 0.2) is 28.6 Å². The molecule has 1 aliphatic rings. The molecule has 0 saturated carbocycles. The molecule has 1 atom stereocenters. The Morgan fingerprint density at radius 2 is 2.23 bits per heavy atom. The number of hydrogen-bond donors (Lipinski definition) is 1. The summed E-state index contributed by atoms with van der Waals surface area (Å²) in [5, 5.41) is 11.2. The minimum atomic E-state index is -0.376. The van der Waals surface area contributed by atoms with Gasteiger partial charge >= 0.3 is 0 Å². The van der Waals surface area contributed by atoms with E-state index in [0.29, 0.717) is 17.5 Å². The summed E-state index contributed by atoms with van der Waals surface area (Å²) in [6.07, 6.45) is 1.28. The molecule has 5 nitrogen and oxygen atoms in total. The highest BCUT2D eigenvalue weighted by atomic mass is 32.2. The molecule has 22 heavy (non-hydrogen) atoms. The Morgan fingerprint density at radius 3 is 2.95 bits per heavy atom. The Bertz CT molecular complexity index is 642. The number of ether oxygens (including phenoxy) is 1. The number of nitrogens with zero attached hydrogens (tertiary/aromatic N) is 2. The Hall–Kier alpha value is -1.51. The largest absolute Gasteiger partial charge is 0.368 e. The summed E-state index contributed by atoms with van der Waals surface area (Å²) in [5.41, 5.74) is 1.01. The van der Waals surface area contributed by atoms with Crippen LogP contribution in [0.4, 0.5) is 9.52 Å². The lowest BCUT2D eigenvalue weighted by Crippen LogP contribution is -2.26. The molecule has 8 heteroatoms. The fraction of sp³-hybridized carbons (Fsp3) is 0.357. The maximum absolute atomic E-state index is 12.8. The topological polar surface area (TPSA) is 64.1 Å². The smallest absolute Gasteiger partial charge is 0.255 e. The molecule has 1 fully saturated rings. The van der Waals surface area contributed by atoms with Gasteiger partial charge in [0.05, 0.1) is 0 Å². The van der Waals surface area contributed by atoms with Gasteiger partial charge in [-0.25, -0.2) is 4.39 Å². The number of halogens is 1. The zero-order chi connectivity index (χ0) is 15.4. The monoisotopic (exact) mass is 339 g/mol. The number of amides is 1. The summed E-state index contributed by atoms with van der Waals surface area (Å²) in [7, 11) is 0. The van der Waals surface area contributed by atoms with Crippen LogP contribution < -0.4 is 5.32 Å². The second kappa shape index (κ2) is 7.17. The lowest BCUT2D eigenvalue weighted by atomic mass is 10.2. The van der Waals surface area contributed by atoms with E-state index in [1.165, 1.54) is 35.2 Å². The predicted octanol–water partition coefficient (Wildman–Crippen LogP) is 3.09. The average Bonchev–Trinajstić information content (AvgIpc) is 3.18. The van der Waals surface area contributed by atoms with Crippen LogP contribution in [-0.4, -0.2) is 28.8 Å². The summed E-state index contributed by atoms with van der Waals surface area (Å²) in [6, 6.07) is 6.35. The Kier molecular flexibility index (Phi) is 5.01. The molecule has 1 aromatic heterocycles. The molecule has 0 bridgehead atoms. The van der Waals surface area contributed by atoms with Gasteiger partial charge in [0, 0.05) is 12.4 Å². The van der Waals surface area contributed by atoms with Gasteiger partial charge in [0.25, 0.3) is 5.91 Å². The number of carbonyl (C=O) groups excluding carboxylic acids is 1.